The van der Waals surface area contributed by atoms with E-state index in [0.717, 1.165) is 94.2 Å². The second-order valence-corrected chi connectivity index (χ2v) is 21.3. The zero-order chi connectivity index (χ0) is 45.2. The first-order chi connectivity index (χ1) is 33.7. The maximum Gasteiger partial charge on any atom is 2.00 e. The average Bonchev–Trinajstić information content (AvgIpc) is 3.94. The zero-order valence-corrected chi connectivity index (χ0v) is 40.1. The van der Waals surface area contributed by atoms with E-state index >= 15 is 0 Å². The summed E-state index contributed by atoms with van der Waals surface area (Å²) in [6.45, 7) is 0. The number of aryl methyl sites for hydroxylation is 1. The summed E-state index contributed by atoms with van der Waals surface area (Å²) in [5.74, 6) is 2.43. The second-order valence-electron chi connectivity index (χ2n) is 17.5. The van der Waals surface area contributed by atoms with E-state index in [9.17, 15) is 0 Å². The average molecular weight is 994 g/mol. The fraction of sp³-hybridized carbons (Fsp3) is 0.0323. The van der Waals surface area contributed by atoms with E-state index in [0.29, 0.717) is 0 Å². The predicted molar refractivity (Wildman–Crippen MR) is 278 cm³/mol. The number of imidazole rings is 1. The van der Waals surface area contributed by atoms with Crippen molar-refractivity contribution in [3.8, 4) is 28.6 Å². The van der Waals surface area contributed by atoms with Crippen LogP contribution >= 0.6 is 0 Å². The number of nitrogens with zero attached hydrogens (tertiary/aromatic N) is 4. The molecule has 12 aromatic rings. The summed E-state index contributed by atoms with van der Waals surface area (Å²) in [4.78, 5) is 10.5. The molecule has 9 aromatic carbocycles. The van der Waals surface area contributed by atoms with Gasteiger partial charge >= 0.3 is 20.4 Å². The number of pyridine rings is 1. The van der Waals surface area contributed by atoms with Crippen LogP contribution in [0.2, 0.25) is 0 Å². The van der Waals surface area contributed by atoms with E-state index in [4.69, 9.17) is 14.7 Å². The van der Waals surface area contributed by atoms with Crippen molar-refractivity contribution in [3.05, 3.63) is 271 Å². The number of benzene rings is 9. The van der Waals surface area contributed by atoms with Crippen molar-refractivity contribution < 1.29 is 25.2 Å². The fourth-order valence-corrected chi connectivity index (χ4v) is 15.8. The Kier molecular flexibility index (Phi) is 10.5. The van der Waals surface area contributed by atoms with Gasteiger partial charge in [-0.2, -0.15) is 23.4 Å². The molecule has 0 atom stereocenters. The standard InChI is InChI=1S/C62H42N4OSi.Pd/c1-65-55-38-18-16-36-53(55)64-60(65)43-22-20-32-49(40-43)68(47-28-10-4-11-29-47,48-30-12-5-13-31-48)50-33-21-27-46(41-50)66-54-37-17-14-34-51(54)58-59-57(42-63-61(58)66)67-56-39-19-15-35-52(56)62(59,44-23-6-2-7-24-44)45-25-8-3-9-26-45;/h2-39,42H,1H3;/q-2;+2. The van der Waals surface area contributed by atoms with Gasteiger partial charge in [0, 0.05) is 28.9 Å². The number of rotatable bonds is 8. The van der Waals surface area contributed by atoms with E-state index in [1.54, 1.807) is 0 Å². The van der Waals surface area contributed by atoms with Crippen LogP contribution in [0.5, 0.6) is 11.5 Å². The number of aromatic nitrogens is 4. The van der Waals surface area contributed by atoms with E-state index in [2.05, 4.69) is 247 Å². The Hall–Kier alpha value is -7.92. The summed E-state index contributed by atoms with van der Waals surface area (Å²) >= 11 is 0. The Balaban J connectivity index is 0.00000492. The minimum Gasteiger partial charge on any atom is -0.455 e. The normalized spacial score (nSPS) is 12.8. The Morgan fingerprint density at radius 3 is 1.77 bits per heavy atom. The summed E-state index contributed by atoms with van der Waals surface area (Å²) in [7, 11) is -1.09. The van der Waals surface area contributed by atoms with Crippen LogP contribution in [-0.4, -0.2) is 27.2 Å². The molecular weight excluding hydrogens is 951 g/mol. The van der Waals surface area contributed by atoms with Crippen molar-refractivity contribution >= 4 is 61.8 Å². The van der Waals surface area contributed by atoms with Crippen LogP contribution in [0.1, 0.15) is 22.3 Å². The molecule has 1 aliphatic rings. The molecule has 0 saturated carbocycles. The SMILES string of the molecule is Cn1c(-c2[c-]c([Si](c3[c-]c(-n4c5ccccc5c5c6c(cnc54)Oc4ccccc4C6(c4ccccc4)c4ccccc4)ccc3)(c3ccccc3)c3ccccc3)ccc2)nc2ccccc21.[Pd+2]. The van der Waals surface area contributed by atoms with Crippen LogP contribution in [0, 0.1) is 12.1 Å². The van der Waals surface area contributed by atoms with Crippen LogP contribution in [-0.2, 0) is 32.9 Å². The molecule has 5 nitrogen and oxygen atoms in total. The molecule has 0 fully saturated rings. The van der Waals surface area contributed by atoms with Crippen LogP contribution in [0.3, 0.4) is 0 Å². The van der Waals surface area contributed by atoms with Gasteiger partial charge in [-0.1, -0.05) is 176 Å². The van der Waals surface area contributed by atoms with Gasteiger partial charge < -0.3 is 13.9 Å². The van der Waals surface area contributed by atoms with Gasteiger partial charge in [0.15, 0.2) is 5.75 Å². The molecule has 69 heavy (non-hydrogen) atoms. The molecule has 0 unspecified atom stereocenters. The molecule has 0 bridgehead atoms. The monoisotopic (exact) mass is 992 g/mol. The summed E-state index contributed by atoms with van der Waals surface area (Å²) in [5.41, 5.74) is 9.47. The molecule has 0 aliphatic carbocycles. The van der Waals surface area contributed by atoms with E-state index in [1.807, 2.05) is 18.3 Å². The van der Waals surface area contributed by atoms with Gasteiger partial charge in [-0.15, -0.1) is 41.1 Å². The van der Waals surface area contributed by atoms with Gasteiger partial charge in [0.1, 0.15) is 19.5 Å². The zero-order valence-electron chi connectivity index (χ0n) is 37.5. The maximum atomic E-state index is 6.94. The Morgan fingerprint density at radius 2 is 1.09 bits per heavy atom. The van der Waals surface area contributed by atoms with Crippen molar-refractivity contribution in [2.75, 3.05) is 0 Å². The first-order valence-corrected chi connectivity index (χ1v) is 25.1. The third-order valence-corrected chi connectivity index (χ3v) is 18.6. The van der Waals surface area contributed by atoms with Crippen molar-refractivity contribution in [2.45, 2.75) is 5.41 Å². The minimum atomic E-state index is -3.18. The van der Waals surface area contributed by atoms with Crippen molar-refractivity contribution in [2.24, 2.45) is 7.05 Å². The molecule has 7 heteroatoms. The Morgan fingerprint density at radius 1 is 0.522 bits per heavy atom. The van der Waals surface area contributed by atoms with Crippen molar-refractivity contribution in [1.29, 1.82) is 0 Å². The molecule has 13 rings (SSSR count). The smallest absolute Gasteiger partial charge is 0.455 e. The molecule has 330 valence electrons. The first-order valence-electron chi connectivity index (χ1n) is 23.1. The second kappa shape index (κ2) is 17.0. The van der Waals surface area contributed by atoms with Crippen molar-refractivity contribution in [1.82, 2.24) is 19.1 Å². The summed E-state index contributed by atoms with van der Waals surface area (Å²) in [6.07, 6.45) is 1.93. The molecule has 0 radical (unpaired) electrons. The molecule has 4 heterocycles. The number of hydrogen-bond acceptors (Lipinski definition) is 3. The topological polar surface area (TPSA) is 44.9 Å². The van der Waals surface area contributed by atoms with Crippen LogP contribution in [0.15, 0.2) is 237 Å². The van der Waals surface area contributed by atoms with Gasteiger partial charge in [0.05, 0.1) is 34.0 Å². The van der Waals surface area contributed by atoms with Gasteiger partial charge in [-0.25, -0.2) is 4.98 Å². The molecule has 3 aromatic heterocycles. The molecule has 0 spiro atoms. The van der Waals surface area contributed by atoms with Gasteiger partial charge in [0.2, 0.25) is 0 Å². The molecular formula is C62H42N4OPdSi. The summed E-state index contributed by atoms with van der Waals surface area (Å²) in [5, 5.41) is 6.82. The molecule has 0 saturated heterocycles. The van der Waals surface area contributed by atoms with Crippen LogP contribution in [0.4, 0.5) is 0 Å². The van der Waals surface area contributed by atoms with E-state index in [1.165, 1.54) is 10.4 Å². The molecule has 1 aliphatic heterocycles. The number of fused-ring (bicyclic) bond motifs is 7. The first kappa shape index (κ1) is 42.4. The number of hydrogen-bond donors (Lipinski definition) is 0. The van der Waals surface area contributed by atoms with E-state index in [-0.39, 0.29) is 20.4 Å². The molecule has 0 N–H and O–H groups in total. The van der Waals surface area contributed by atoms with Crippen molar-refractivity contribution in [3.63, 3.8) is 0 Å². The number of ether oxygens (including phenoxy) is 1. The largest absolute Gasteiger partial charge is 2.00 e. The van der Waals surface area contributed by atoms with Crippen LogP contribution in [0.25, 0.3) is 50.0 Å². The number of para-hydroxylation sites is 4. The van der Waals surface area contributed by atoms with E-state index < -0.39 is 13.5 Å². The van der Waals surface area contributed by atoms with Gasteiger partial charge in [0.25, 0.3) is 0 Å². The molecule has 0 amide bonds. The minimum absolute atomic E-state index is 0. The Labute approximate surface area is 415 Å². The summed E-state index contributed by atoms with van der Waals surface area (Å²) in [6, 6.07) is 90.6. The predicted octanol–water partition coefficient (Wildman–Crippen LogP) is 11.2. The van der Waals surface area contributed by atoms with Gasteiger partial charge in [-0.05, 0) is 45.8 Å². The fourth-order valence-electron chi connectivity index (χ4n) is 11.2. The van der Waals surface area contributed by atoms with Gasteiger partial charge in [-0.3, -0.25) is 4.98 Å². The Bertz CT molecular complexity index is 3770. The third kappa shape index (κ3) is 6.39. The quantitative estimate of drug-likeness (QED) is 0.0866. The maximum absolute atomic E-state index is 6.94. The third-order valence-electron chi connectivity index (χ3n) is 14.0. The van der Waals surface area contributed by atoms with Crippen LogP contribution < -0.4 is 25.5 Å². The summed E-state index contributed by atoms with van der Waals surface area (Å²) < 4.78 is 11.4.